The Morgan fingerprint density at radius 2 is 1.58 bits per heavy atom. The van der Waals surface area contributed by atoms with Crippen LogP contribution < -0.4 is 10.0 Å². The van der Waals surface area contributed by atoms with Crippen molar-refractivity contribution < 1.29 is 13.2 Å². The highest BCUT2D eigenvalue weighted by atomic mass is 32.2. The van der Waals surface area contributed by atoms with Gasteiger partial charge in [-0.3, -0.25) is 4.79 Å². The summed E-state index contributed by atoms with van der Waals surface area (Å²) < 4.78 is 26.9. The van der Waals surface area contributed by atoms with Gasteiger partial charge in [-0.15, -0.1) is 0 Å². The van der Waals surface area contributed by atoms with Gasteiger partial charge in [0.25, 0.3) is 0 Å². The van der Waals surface area contributed by atoms with Gasteiger partial charge in [0.15, 0.2) is 0 Å². The molecule has 0 aromatic heterocycles. The lowest BCUT2D eigenvalue weighted by Gasteiger charge is -2.11. The van der Waals surface area contributed by atoms with Crippen molar-refractivity contribution in [1.29, 1.82) is 0 Å². The number of anilines is 1. The normalized spacial score (nSPS) is 11.3. The van der Waals surface area contributed by atoms with Gasteiger partial charge in [-0.05, 0) is 68.1 Å². The quantitative estimate of drug-likeness (QED) is 0.874. The van der Waals surface area contributed by atoms with Crippen LogP contribution in [0.15, 0.2) is 41.3 Å². The highest BCUT2D eigenvalue weighted by Crippen LogP contribution is 2.17. The summed E-state index contributed by atoms with van der Waals surface area (Å²) in [6, 6.07) is 10.6. The fraction of sp³-hybridized carbons (Fsp3) is 0.278. The van der Waals surface area contributed by atoms with E-state index in [0.717, 1.165) is 22.3 Å². The molecule has 24 heavy (non-hydrogen) atoms. The average molecular weight is 346 g/mol. The Morgan fingerprint density at radius 1 is 0.917 bits per heavy atom. The zero-order valence-corrected chi connectivity index (χ0v) is 15.1. The van der Waals surface area contributed by atoms with Crippen LogP contribution in [-0.4, -0.2) is 20.9 Å². The van der Waals surface area contributed by atoms with Crippen molar-refractivity contribution in [3.8, 4) is 0 Å². The van der Waals surface area contributed by atoms with Crippen molar-refractivity contribution >= 4 is 21.6 Å². The maximum Gasteiger partial charge on any atom is 0.241 e. The summed E-state index contributed by atoms with van der Waals surface area (Å²) in [6.07, 6.45) is 0. The number of carbonyl (C=O) groups is 1. The van der Waals surface area contributed by atoms with E-state index in [4.69, 9.17) is 0 Å². The molecule has 2 N–H and O–H groups in total. The molecule has 0 aliphatic rings. The molecule has 0 aliphatic carbocycles. The Bertz CT molecular complexity index is 874. The molecule has 0 saturated carbocycles. The van der Waals surface area contributed by atoms with Crippen molar-refractivity contribution in [2.75, 3.05) is 11.9 Å². The van der Waals surface area contributed by atoms with Crippen molar-refractivity contribution in [2.24, 2.45) is 0 Å². The largest absolute Gasteiger partial charge is 0.325 e. The molecule has 0 radical (unpaired) electrons. The van der Waals surface area contributed by atoms with E-state index < -0.39 is 15.9 Å². The molecule has 0 spiro atoms. The number of amides is 1. The van der Waals surface area contributed by atoms with E-state index in [9.17, 15) is 13.2 Å². The van der Waals surface area contributed by atoms with Crippen LogP contribution in [0.3, 0.4) is 0 Å². The third-order valence-corrected chi connectivity index (χ3v) is 5.28. The van der Waals surface area contributed by atoms with Gasteiger partial charge < -0.3 is 5.32 Å². The van der Waals surface area contributed by atoms with Gasteiger partial charge in [-0.25, -0.2) is 13.1 Å². The molecule has 0 atom stereocenters. The molecule has 2 rings (SSSR count). The number of nitrogens with one attached hydrogen (secondary N) is 2. The van der Waals surface area contributed by atoms with Crippen molar-refractivity contribution in [1.82, 2.24) is 4.72 Å². The van der Waals surface area contributed by atoms with E-state index in [2.05, 4.69) is 10.0 Å². The molecule has 0 bridgehead atoms. The molecular formula is C18H22N2O3S. The first-order valence-electron chi connectivity index (χ1n) is 7.63. The Balaban J connectivity index is 2.04. The van der Waals surface area contributed by atoms with Gasteiger partial charge >= 0.3 is 0 Å². The minimum Gasteiger partial charge on any atom is -0.325 e. The van der Waals surface area contributed by atoms with Crippen LogP contribution >= 0.6 is 0 Å². The molecule has 0 aliphatic heterocycles. The van der Waals surface area contributed by atoms with Crippen LogP contribution in [0.1, 0.15) is 22.3 Å². The molecular weight excluding hydrogens is 324 g/mol. The van der Waals surface area contributed by atoms with Crippen LogP contribution in [0.5, 0.6) is 0 Å². The second kappa shape index (κ2) is 7.15. The van der Waals surface area contributed by atoms with Crippen LogP contribution in [0.25, 0.3) is 0 Å². The minimum absolute atomic E-state index is 0.158. The Morgan fingerprint density at radius 3 is 2.25 bits per heavy atom. The molecule has 0 fully saturated rings. The maximum absolute atomic E-state index is 12.3. The number of benzene rings is 2. The predicted molar refractivity (Wildman–Crippen MR) is 95.7 cm³/mol. The van der Waals surface area contributed by atoms with Crippen LogP contribution in [0.2, 0.25) is 0 Å². The topological polar surface area (TPSA) is 75.3 Å². The second-order valence-electron chi connectivity index (χ2n) is 5.94. The number of rotatable bonds is 5. The van der Waals surface area contributed by atoms with Crippen LogP contribution in [0, 0.1) is 27.7 Å². The summed E-state index contributed by atoms with van der Waals surface area (Å²) in [5, 5.41) is 2.73. The second-order valence-corrected chi connectivity index (χ2v) is 7.70. The number of hydrogen-bond acceptors (Lipinski definition) is 3. The summed E-state index contributed by atoms with van der Waals surface area (Å²) in [4.78, 5) is 12.2. The zero-order chi connectivity index (χ0) is 17.9. The first-order valence-corrected chi connectivity index (χ1v) is 9.11. The lowest BCUT2D eigenvalue weighted by Crippen LogP contribution is -2.33. The van der Waals surface area contributed by atoms with Gasteiger partial charge in [0.1, 0.15) is 0 Å². The molecule has 6 heteroatoms. The van der Waals surface area contributed by atoms with Gasteiger partial charge in [0, 0.05) is 5.69 Å². The first-order chi connectivity index (χ1) is 11.2. The molecule has 128 valence electrons. The SMILES string of the molecule is Cc1ccc(C)c(NC(=O)CNS(=O)(=O)c2ccc(C)c(C)c2)c1. The fourth-order valence-electron chi connectivity index (χ4n) is 2.19. The van der Waals surface area contributed by atoms with Crippen molar-refractivity contribution in [2.45, 2.75) is 32.6 Å². The number of sulfonamides is 1. The number of hydrogen-bond donors (Lipinski definition) is 2. The van der Waals surface area contributed by atoms with Crippen molar-refractivity contribution in [3.05, 3.63) is 58.7 Å². The summed E-state index contributed by atoms with van der Waals surface area (Å²) in [5.74, 6) is -0.406. The third-order valence-electron chi connectivity index (χ3n) is 3.88. The molecule has 1 amide bonds. The average Bonchev–Trinajstić information content (AvgIpc) is 2.51. The summed E-state index contributed by atoms with van der Waals surface area (Å²) in [7, 11) is -3.72. The molecule has 2 aromatic rings. The summed E-state index contributed by atoms with van der Waals surface area (Å²) in [6.45, 7) is 7.26. The third kappa shape index (κ3) is 4.43. The lowest BCUT2D eigenvalue weighted by atomic mass is 10.1. The maximum atomic E-state index is 12.3. The number of aryl methyl sites for hydroxylation is 4. The van der Waals surface area contributed by atoms with E-state index in [0.29, 0.717) is 5.69 Å². The van der Waals surface area contributed by atoms with Crippen LogP contribution in [-0.2, 0) is 14.8 Å². The molecule has 0 saturated heterocycles. The van der Waals surface area contributed by atoms with Gasteiger partial charge in [0.05, 0.1) is 11.4 Å². The standard InChI is InChI=1S/C18H22N2O3S/c1-12-5-6-14(3)17(9-12)20-18(21)11-19-24(22,23)16-8-7-13(2)15(4)10-16/h5-10,19H,11H2,1-4H3,(H,20,21). The van der Waals surface area contributed by atoms with Gasteiger partial charge in [-0.1, -0.05) is 18.2 Å². The highest BCUT2D eigenvalue weighted by molar-refractivity contribution is 7.89. The minimum atomic E-state index is -3.72. The summed E-state index contributed by atoms with van der Waals surface area (Å²) >= 11 is 0. The van der Waals surface area contributed by atoms with Gasteiger partial charge in [-0.2, -0.15) is 0 Å². The van der Waals surface area contributed by atoms with Gasteiger partial charge in [0.2, 0.25) is 15.9 Å². The Labute approximate surface area is 143 Å². The molecule has 5 nitrogen and oxygen atoms in total. The number of carbonyl (C=O) groups excluding carboxylic acids is 1. The Kier molecular flexibility index (Phi) is 5.41. The van der Waals surface area contributed by atoms with E-state index >= 15 is 0 Å². The molecule has 2 aromatic carbocycles. The van der Waals surface area contributed by atoms with E-state index in [1.807, 2.05) is 45.9 Å². The Hall–Kier alpha value is -2.18. The molecule has 0 unspecified atom stereocenters. The van der Waals surface area contributed by atoms with E-state index in [1.54, 1.807) is 12.1 Å². The summed E-state index contributed by atoms with van der Waals surface area (Å²) in [5.41, 5.74) is 4.53. The molecule has 0 heterocycles. The smallest absolute Gasteiger partial charge is 0.241 e. The van der Waals surface area contributed by atoms with E-state index in [-0.39, 0.29) is 11.4 Å². The lowest BCUT2D eigenvalue weighted by molar-refractivity contribution is -0.115. The monoisotopic (exact) mass is 346 g/mol. The zero-order valence-electron chi connectivity index (χ0n) is 14.3. The van der Waals surface area contributed by atoms with E-state index in [1.165, 1.54) is 6.07 Å². The highest BCUT2D eigenvalue weighted by Gasteiger charge is 2.16. The predicted octanol–water partition coefficient (Wildman–Crippen LogP) is 2.84. The van der Waals surface area contributed by atoms with Crippen molar-refractivity contribution in [3.63, 3.8) is 0 Å². The first kappa shape index (κ1) is 18.2. The fourth-order valence-corrected chi connectivity index (χ4v) is 3.26. The van der Waals surface area contributed by atoms with Crippen LogP contribution in [0.4, 0.5) is 5.69 Å².